The first-order valence-electron chi connectivity index (χ1n) is 14.8. The highest BCUT2D eigenvalue weighted by Gasteiger charge is 2.67. The highest BCUT2D eigenvalue weighted by Crippen LogP contribution is 2.64. The van der Waals surface area contributed by atoms with Gasteiger partial charge in [0.25, 0.3) is 0 Å². The molecular weight excluding hydrogens is 710 g/mol. The minimum Gasteiger partial charge on any atom is -0.507 e. The van der Waals surface area contributed by atoms with Crippen LogP contribution in [0.5, 0.6) is 5.75 Å². The fourth-order valence-corrected chi connectivity index (χ4v) is 8.80. The van der Waals surface area contributed by atoms with Crippen molar-refractivity contribution in [3.8, 4) is 5.75 Å². The zero-order chi connectivity index (χ0) is 32.1. The second-order valence-corrected chi connectivity index (χ2v) is 14.4. The summed E-state index contributed by atoms with van der Waals surface area (Å²) >= 11 is 8.25. The second kappa shape index (κ2) is 10.5. The molecule has 4 aliphatic rings. The SMILES string of the molecule is Cc1cc(C2C3=CCC4C(=O)N(c5ccc(I)cc5)C(=O)C4C3CC3C(=O)N(c4ccc(F)c(Cl)c4)C(=O)C32C)cc(C)c1O. The van der Waals surface area contributed by atoms with Gasteiger partial charge in [-0.2, -0.15) is 0 Å². The Morgan fingerprint density at radius 3 is 2.18 bits per heavy atom. The Morgan fingerprint density at radius 1 is 0.889 bits per heavy atom. The first kappa shape index (κ1) is 30.1. The molecular formula is C35H29ClFIN2O5. The summed E-state index contributed by atoms with van der Waals surface area (Å²) in [5, 5.41) is 10.4. The van der Waals surface area contributed by atoms with E-state index in [9.17, 15) is 28.7 Å². The lowest BCUT2D eigenvalue weighted by Gasteiger charge is -2.49. The molecule has 0 aromatic heterocycles. The quantitative estimate of drug-likeness (QED) is 0.181. The van der Waals surface area contributed by atoms with Gasteiger partial charge < -0.3 is 5.11 Å². The summed E-state index contributed by atoms with van der Waals surface area (Å²) in [4.78, 5) is 59.2. The number of hydrogen-bond acceptors (Lipinski definition) is 5. The number of aryl methyl sites for hydroxylation is 2. The van der Waals surface area contributed by atoms with Crippen LogP contribution in [0.3, 0.4) is 0 Å². The fourth-order valence-electron chi connectivity index (χ4n) is 8.27. The van der Waals surface area contributed by atoms with Crippen molar-refractivity contribution >= 4 is 69.2 Å². The van der Waals surface area contributed by atoms with Gasteiger partial charge in [-0.1, -0.05) is 35.4 Å². The molecule has 0 bridgehead atoms. The average Bonchev–Trinajstić information content (AvgIpc) is 3.37. The Labute approximate surface area is 278 Å². The molecule has 2 heterocycles. The molecule has 3 aromatic carbocycles. The maximum absolute atomic E-state index is 14.5. The van der Waals surface area contributed by atoms with E-state index in [1.165, 1.54) is 17.0 Å². The van der Waals surface area contributed by atoms with E-state index >= 15 is 0 Å². The van der Waals surface area contributed by atoms with Gasteiger partial charge in [0.2, 0.25) is 23.6 Å². The number of phenolic OH excluding ortho intramolecular Hbond substituents is 1. The van der Waals surface area contributed by atoms with Gasteiger partial charge in [-0.3, -0.25) is 24.1 Å². The third-order valence-corrected chi connectivity index (χ3v) is 11.4. The van der Waals surface area contributed by atoms with Crippen LogP contribution in [0.1, 0.15) is 42.4 Å². The van der Waals surface area contributed by atoms with Crippen LogP contribution in [0.2, 0.25) is 5.02 Å². The maximum Gasteiger partial charge on any atom is 0.241 e. The summed E-state index contributed by atoms with van der Waals surface area (Å²) in [5.74, 6) is -5.18. The predicted molar refractivity (Wildman–Crippen MR) is 175 cm³/mol. The monoisotopic (exact) mass is 738 g/mol. The number of fused-ring (bicyclic) bond motifs is 4. The van der Waals surface area contributed by atoms with E-state index < -0.39 is 52.6 Å². The lowest BCUT2D eigenvalue weighted by molar-refractivity contribution is -0.131. The van der Waals surface area contributed by atoms with Gasteiger partial charge in [-0.25, -0.2) is 9.29 Å². The molecule has 0 spiro atoms. The van der Waals surface area contributed by atoms with Crippen molar-refractivity contribution in [2.45, 2.75) is 39.5 Å². The van der Waals surface area contributed by atoms with Crippen LogP contribution >= 0.6 is 34.2 Å². The number of halogens is 3. The first-order valence-corrected chi connectivity index (χ1v) is 16.3. The van der Waals surface area contributed by atoms with E-state index in [2.05, 4.69) is 22.6 Å². The number of imide groups is 2. The lowest BCUT2D eigenvalue weighted by atomic mass is 9.51. The lowest BCUT2D eigenvalue weighted by Crippen LogP contribution is -2.49. The number of allylic oxidation sites excluding steroid dienone is 2. The minimum atomic E-state index is -1.26. The smallest absolute Gasteiger partial charge is 0.241 e. The topological polar surface area (TPSA) is 95.0 Å². The van der Waals surface area contributed by atoms with Crippen molar-refractivity contribution in [1.82, 2.24) is 0 Å². The van der Waals surface area contributed by atoms with Gasteiger partial charge in [0.05, 0.1) is 39.6 Å². The molecule has 6 unspecified atom stereocenters. The zero-order valence-corrected chi connectivity index (χ0v) is 27.6. The average molecular weight is 739 g/mol. The normalized spacial score (nSPS) is 29.1. The van der Waals surface area contributed by atoms with Crippen molar-refractivity contribution in [1.29, 1.82) is 0 Å². The molecule has 3 aromatic rings. The van der Waals surface area contributed by atoms with Gasteiger partial charge in [-0.15, -0.1) is 0 Å². The van der Waals surface area contributed by atoms with Crippen LogP contribution in [-0.4, -0.2) is 28.7 Å². The molecule has 2 saturated heterocycles. The first-order chi connectivity index (χ1) is 21.3. The Morgan fingerprint density at radius 2 is 1.53 bits per heavy atom. The van der Waals surface area contributed by atoms with Crippen LogP contribution in [0.15, 0.2) is 66.2 Å². The Balaban J connectivity index is 1.38. The third kappa shape index (κ3) is 4.26. The molecule has 7 nitrogen and oxygen atoms in total. The van der Waals surface area contributed by atoms with E-state index in [4.69, 9.17) is 11.6 Å². The Kier molecular flexibility index (Phi) is 7.01. The Hall–Kier alpha value is -3.57. The van der Waals surface area contributed by atoms with E-state index in [1.807, 2.05) is 30.3 Å². The van der Waals surface area contributed by atoms with Crippen LogP contribution in [-0.2, 0) is 19.2 Å². The van der Waals surface area contributed by atoms with Crippen LogP contribution in [0.25, 0.3) is 0 Å². The maximum atomic E-state index is 14.5. The van der Waals surface area contributed by atoms with Crippen LogP contribution in [0.4, 0.5) is 15.8 Å². The summed E-state index contributed by atoms with van der Waals surface area (Å²) in [7, 11) is 0. The number of carbonyl (C=O) groups is 4. The number of rotatable bonds is 3. The second-order valence-electron chi connectivity index (χ2n) is 12.8. The molecule has 10 heteroatoms. The number of phenols is 1. The van der Waals surface area contributed by atoms with Crippen molar-refractivity contribution in [3.63, 3.8) is 0 Å². The number of aromatic hydroxyl groups is 1. The fraction of sp³-hybridized carbons (Fsp3) is 0.314. The van der Waals surface area contributed by atoms with E-state index in [0.29, 0.717) is 23.2 Å². The van der Waals surface area contributed by atoms with Gasteiger partial charge in [0.1, 0.15) is 11.6 Å². The minimum absolute atomic E-state index is 0.145. The summed E-state index contributed by atoms with van der Waals surface area (Å²) in [6, 6.07) is 14.6. The molecule has 2 aliphatic carbocycles. The highest BCUT2D eigenvalue weighted by atomic mass is 127. The number of carbonyl (C=O) groups excluding carboxylic acids is 4. The van der Waals surface area contributed by atoms with Crippen molar-refractivity contribution in [2.75, 3.05) is 9.80 Å². The van der Waals surface area contributed by atoms with Crippen molar-refractivity contribution < 1.29 is 28.7 Å². The van der Waals surface area contributed by atoms with Crippen molar-refractivity contribution in [2.24, 2.45) is 29.1 Å². The number of benzene rings is 3. The molecule has 230 valence electrons. The summed E-state index contributed by atoms with van der Waals surface area (Å²) in [6.07, 6.45) is 2.52. The molecule has 1 N–H and O–H groups in total. The van der Waals surface area contributed by atoms with Crippen molar-refractivity contribution in [3.05, 3.63) is 97.3 Å². The molecule has 6 atom stereocenters. The molecule has 2 aliphatic heterocycles. The molecule has 45 heavy (non-hydrogen) atoms. The molecule has 3 fully saturated rings. The molecule has 0 radical (unpaired) electrons. The highest BCUT2D eigenvalue weighted by molar-refractivity contribution is 14.1. The molecule has 4 amide bonds. The predicted octanol–water partition coefficient (Wildman–Crippen LogP) is 6.84. The molecule has 7 rings (SSSR count). The standard InChI is InChI=1S/C35H29ClFIN2O5/c1-16-12-18(13-17(2)30(16)41)29-22-9-10-23-28(33(44)39(31(23)42)20-6-4-19(38)5-7-20)24(22)15-25-32(43)40(34(45)35(25,29)3)21-8-11-27(37)26(36)14-21/h4-9,11-14,23-25,28-29,41H,10,15H2,1-3H3. The molecule has 1 saturated carbocycles. The number of amides is 4. The zero-order valence-electron chi connectivity index (χ0n) is 24.7. The van der Waals surface area contributed by atoms with Gasteiger partial charge in [0, 0.05) is 9.49 Å². The summed E-state index contributed by atoms with van der Waals surface area (Å²) < 4.78 is 15.1. The van der Waals surface area contributed by atoms with E-state index in [1.54, 1.807) is 32.9 Å². The van der Waals surface area contributed by atoms with E-state index in [-0.39, 0.29) is 34.7 Å². The number of anilines is 2. The van der Waals surface area contributed by atoms with Crippen LogP contribution < -0.4 is 9.80 Å². The number of hydrogen-bond donors (Lipinski definition) is 1. The summed E-state index contributed by atoms with van der Waals surface area (Å²) in [6.45, 7) is 5.35. The third-order valence-electron chi connectivity index (χ3n) is 10.4. The number of nitrogens with zero attached hydrogens (tertiary/aromatic N) is 2. The van der Waals surface area contributed by atoms with E-state index in [0.717, 1.165) is 25.7 Å². The van der Waals surface area contributed by atoms with Crippen LogP contribution in [0, 0.1) is 52.3 Å². The van der Waals surface area contributed by atoms with Gasteiger partial charge in [0.15, 0.2) is 0 Å². The van der Waals surface area contributed by atoms with Gasteiger partial charge >= 0.3 is 0 Å². The largest absolute Gasteiger partial charge is 0.507 e. The summed E-state index contributed by atoms with van der Waals surface area (Å²) in [5.41, 5.74) is 2.27. The Bertz CT molecular complexity index is 1850. The van der Waals surface area contributed by atoms with Gasteiger partial charge in [-0.05, 0) is 121 Å².